The molecule has 2 aromatic rings. The van der Waals surface area contributed by atoms with E-state index in [4.69, 9.17) is 10.5 Å². The Balaban J connectivity index is 1.58. The standard InChI is InChI=1S/C17H23N5O/c1-23-16-8-4-5-13(11-16)20-17(18)19-12-14-9-10-22(21-14)15-6-2-3-7-15/h4-5,8-11,15H,2-3,6-7,12H2,1H3,(H3,18,19,20). The van der Waals surface area contributed by atoms with Crippen molar-refractivity contribution in [3.05, 3.63) is 42.2 Å². The number of methoxy groups -OCH3 is 1. The summed E-state index contributed by atoms with van der Waals surface area (Å²) in [7, 11) is 1.64. The largest absolute Gasteiger partial charge is 0.497 e. The Morgan fingerprint density at radius 1 is 1.39 bits per heavy atom. The summed E-state index contributed by atoms with van der Waals surface area (Å²) in [6.45, 7) is 0.475. The van der Waals surface area contributed by atoms with Crippen molar-refractivity contribution in [2.75, 3.05) is 12.4 Å². The van der Waals surface area contributed by atoms with Gasteiger partial charge < -0.3 is 15.8 Å². The summed E-state index contributed by atoms with van der Waals surface area (Å²) in [5, 5.41) is 7.67. The lowest BCUT2D eigenvalue weighted by atomic mass is 10.3. The Morgan fingerprint density at radius 2 is 2.22 bits per heavy atom. The highest BCUT2D eigenvalue weighted by molar-refractivity contribution is 5.92. The second kappa shape index (κ2) is 7.17. The molecule has 0 spiro atoms. The molecule has 0 bridgehead atoms. The van der Waals surface area contributed by atoms with Crippen molar-refractivity contribution in [3.8, 4) is 5.75 Å². The summed E-state index contributed by atoms with van der Waals surface area (Å²) >= 11 is 0. The summed E-state index contributed by atoms with van der Waals surface area (Å²) in [6, 6.07) is 10.1. The van der Waals surface area contributed by atoms with E-state index in [0.29, 0.717) is 18.5 Å². The van der Waals surface area contributed by atoms with Crippen LogP contribution in [-0.4, -0.2) is 22.8 Å². The highest BCUT2D eigenvalue weighted by Crippen LogP contribution is 2.28. The van der Waals surface area contributed by atoms with E-state index in [-0.39, 0.29) is 0 Å². The topological polar surface area (TPSA) is 77.5 Å². The van der Waals surface area contributed by atoms with Crippen molar-refractivity contribution in [1.29, 1.82) is 0 Å². The second-order valence-corrected chi connectivity index (χ2v) is 5.78. The third-order valence-corrected chi connectivity index (χ3v) is 4.12. The summed E-state index contributed by atoms with van der Waals surface area (Å²) in [5.41, 5.74) is 7.72. The van der Waals surface area contributed by atoms with Gasteiger partial charge in [-0.1, -0.05) is 18.9 Å². The van der Waals surface area contributed by atoms with E-state index in [1.165, 1.54) is 25.7 Å². The molecule has 1 saturated carbocycles. The van der Waals surface area contributed by atoms with E-state index in [0.717, 1.165) is 17.1 Å². The SMILES string of the molecule is COc1cccc(NC(N)=NCc2ccn(C3CCCC3)n2)c1. The van der Waals surface area contributed by atoms with E-state index in [1.54, 1.807) is 7.11 Å². The average Bonchev–Trinajstić information content (AvgIpc) is 3.24. The van der Waals surface area contributed by atoms with Crippen molar-refractivity contribution >= 4 is 11.6 Å². The van der Waals surface area contributed by atoms with Crippen LogP contribution >= 0.6 is 0 Å². The minimum Gasteiger partial charge on any atom is -0.497 e. The maximum atomic E-state index is 5.94. The van der Waals surface area contributed by atoms with Crippen LogP contribution in [0.4, 0.5) is 5.69 Å². The Kier molecular flexibility index (Phi) is 4.80. The fraction of sp³-hybridized carbons (Fsp3) is 0.412. The first-order valence-electron chi connectivity index (χ1n) is 7.99. The normalized spacial score (nSPS) is 15.8. The van der Waals surface area contributed by atoms with Gasteiger partial charge >= 0.3 is 0 Å². The zero-order chi connectivity index (χ0) is 16.1. The van der Waals surface area contributed by atoms with E-state index in [1.807, 2.05) is 36.5 Å². The zero-order valence-electron chi connectivity index (χ0n) is 13.4. The number of nitrogens with zero attached hydrogens (tertiary/aromatic N) is 3. The molecule has 122 valence electrons. The molecular weight excluding hydrogens is 290 g/mol. The van der Waals surface area contributed by atoms with E-state index < -0.39 is 0 Å². The predicted molar refractivity (Wildman–Crippen MR) is 91.7 cm³/mol. The molecule has 0 radical (unpaired) electrons. The number of anilines is 1. The van der Waals surface area contributed by atoms with Crippen LogP contribution in [-0.2, 0) is 6.54 Å². The number of benzene rings is 1. The number of hydrogen-bond acceptors (Lipinski definition) is 3. The predicted octanol–water partition coefficient (Wildman–Crippen LogP) is 2.93. The van der Waals surface area contributed by atoms with Crippen LogP contribution < -0.4 is 15.8 Å². The molecule has 1 fully saturated rings. The molecule has 0 atom stereocenters. The van der Waals surface area contributed by atoms with Crippen LogP contribution in [0.1, 0.15) is 37.4 Å². The highest BCUT2D eigenvalue weighted by Gasteiger charge is 2.17. The minimum absolute atomic E-state index is 0.369. The second-order valence-electron chi connectivity index (χ2n) is 5.78. The summed E-state index contributed by atoms with van der Waals surface area (Å²) < 4.78 is 7.26. The monoisotopic (exact) mass is 313 g/mol. The molecule has 1 heterocycles. The molecule has 0 unspecified atom stereocenters. The third-order valence-electron chi connectivity index (χ3n) is 4.12. The first-order chi connectivity index (χ1) is 11.2. The molecule has 6 heteroatoms. The summed E-state index contributed by atoms with van der Waals surface area (Å²) in [4.78, 5) is 4.35. The first-order valence-corrected chi connectivity index (χ1v) is 7.99. The van der Waals surface area contributed by atoms with Crippen molar-refractivity contribution in [1.82, 2.24) is 9.78 Å². The molecule has 1 aromatic carbocycles. The fourth-order valence-electron chi connectivity index (χ4n) is 2.89. The van der Waals surface area contributed by atoms with Gasteiger partial charge in [0.1, 0.15) is 5.75 Å². The van der Waals surface area contributed by atoms with Gasteiger partial charge in [-0.25, -0.2) is 4.99 Å². The lowest BCUT2D eigenvalue weighted by Gasteiger charge is -2.08. The molecular formula is C17H23N5O. The van der Waals surface area contributed by atoms with Crippen molar-refractivity contribution in [2.24, 2.45) is 10.7 Å². The molecule has 0 aliphatic heterocycles. The maximum absolute atomic E-state index is 5.94. The number of aromatic nitrogens is 2. The smallest absolute Gasteiger partial charge is 0.193 e. The van der Waals surface area contributed by atoms with Gasteiger partial charge in [0.25, 0.3) is 0 Å². The lowest BCUT2D eigenvalue weighted by Crippen LogP contribution is -2.22. The lowest BCUT2D eigenvalue weighted by molar-refractivity contribution is 0.415. The zero-order valence-corrected chi connectivity index (χ0v) is 13.4. The van der Waals surface area contributed by atoms with Crippen molar-refractivity contribution in [3.63, 3.8) is 0 Å². The Morgan fingerprint density at radius 3 is 3.00 bits per heavy atom. The fourth-order valence-corrected chi connectivity index (χ4v) is 2.89. The molecule has 1 aromatic heterocycles. The molecule has 6 nitrogen and oxygen atoms in total. The molecule has 1 aliphatic carbocycles. The molecule has 1 aliphatic rings. The number of rotatable bonds is 5. The van der Waals surface area contributed by atoms with Gasteiger partial charge in [-0.15, -0.1) is 0 Å². The maximum Gasteiger partial charge on any atom is 0.193 e. The average molecular weight is 313 g/mol. The van der Waals surface area contributed by atoms with Gasteiger partial charge in [0.2, 0.25) is 0 Å². The number of aliphatic imine (C=N–C) groups is 1. The number of guanidine groups is 1. The van der Waals surface area contributed by atoms with Crippen molar-refractivity contribution in [2.45, 2.75) is 38.3 Å². The molecule has 23 heavy (non-hydrogen) atoms. The van der Waals surface area contributed by atoms with Crippen LogP contribution in [0.2, 0.25) is 0 Å². The Bertz CT molecular complexity index is 673. The van der Waals surface area contributed by atoms with Crippen LogP contribution in [0.15, 0.2) is 41.5 Å². The van der Waals surface area contributed by atoms with E-state index in [2.05, 4.69) is 20.1 Å². The van der Waals surface area contributed by atoms with Crippen LogP contribution in [0.5, 0.6) is 5.75 Å². The van der Waals surface area contributed by atoms with Gasteiger partial charge in [0.15, 0.2) is 5.96 Å². The Hall–Kier alpha value is -2.50. The number of hydrogen-bond donors (Lipinski definition) is 2. The van der Waals surface area contributed by atoms with Crippen LogP contribution in [0.25, 0.3) is 0 Å². The van der Waals surface area contributed by atoms with Crippen LogP contribution in [0, 0.1) is 0 Å². The molecule has 0 amide bonds. The summed E-state index contributed by atoms with van der Waals surface area (Å²) in [6.07, 6.45) is 7.10. The quantitative estimate of drug-likeness (QED) is 0.657. The van der Waals surface area contributed by atoms with Crippen LogP contribution in [0.3, 0.4) is 0 Å². The van der Waals surface area contributed by atoms with E-state index in [9.17, 15) is 0 Å². The third kappa shape index (κ3) is 4.03. The molecule has 3 rings (SSSR count). The Labute approximate surface area is 136 Å². The van der Waals surface area contributed by atoms with Gasteiger partial charge in [-0.3, -0.25) is 4.68 Å². The number of nitrogens with two attached hydrogens (primary N) is 1. The van der Waals surface area contributed by atoms with E-state index >= 15 is 0 Å². The van der Waals surface area contributed by atoms with Gasteiger partial charge in [0, 0.05) is 18.0 Å². The van der Waals surface area contributed by atoms with Gasteiger partial charge in [-0.2, -0.15) is 5.10 Å². The number of ether oxygens (including phenoxy) is 1. The molecule has 0 saturated heterocycles. The van der Waals surface area contributed by atoms with Gasteiger partial charge in [0.05, 0.1) is 25.4 Å². The molecule has 3 N–H and O–H groups in total. The van der Waals surface area contributed by atoms with Gasteiger partial charge in [-0.05, 0) is 31.0 Å². The summed E-state index contributed by atoms with van der Waals surface area (Å²) in [5.74, 6) is 1.15. The number of nitrogens with one attached hydrogen (secondary N) is 1. The van der Waals surface area contributed by atoms with Crippen molar-refractivity contribution < 1.29 is 4.74 Å². The minimum atomic E-state index is 0.369. The first kappa shape index (κ1) is 15.4. The highest BCUT2D eigenvalue weighted by atomic mass is 16.5.